The zero-order valence-electron chi connectivity index (χ0n) is 34.2. The molecule has 1 aliphatic rings. The van der Waals surface area contributed by atoms with Gasteiger partial charge in [0.2, 0.25) is 0 Å². The van der Waals surface area contributed by atoms with Gasteiger partial charge < -0.3 is 19.6 Å². The first-order chi connectivity index (χ1) is 30.2. The maximum Gasteiger partial charge on any atom is 0.494 e. The van der Waals surface area contributed by atoms with Gasteiger partial charge >= 0.3 is 7.12 Å². The van der Waals surface area contributed by atoms with Crippen LogP contribution in [0.2, 0.25) is 15.2 Å². The molecule has 5 heterocycles. The molecular formula is C42H37BBr2Cl3N8O6S2-. The number of hydrogen-bond acceptors (Lipinski definition) is 11. The van der Waals surface area contributed by atoms with Crippen LogP contribution in [0.5, 0.6) is 0 Å². The van der Waals surface area contributed by atoms with Gasteiger partial charge in [0.05, 0.1) is 27.3 Å². The second-order valence-electron chi connectivity index (χ2n) is 14.7. The van der Waals surface area contributed by atoms with Crippen molar-refractivity contribution in [3.05, 3.63) is 158 Å². The number of nitrogens with zero attached hydrogens (tertiary/aromatic N) is 6. The summed E-state index contributed by atoms with van der Waals surface area (Å²) < 4.78 is 65.1. The fraction of sp³-hybridized carbons (Fsp3) is 0.143. The zero-order chi connectivity index (χ0) is 46.4. The number of rotatable bonds is 6. The van der Waals surface area contributed by atoms with E-state index in [9.17, 15) is 17.2 Å². The van der Waals surface area contributed by atoms with E-state index in [1.54, 1.807) is 21.2 Å². The Morgan fingerprint density at radius 3 is 1.77 bits per heavy atom. The molecule has 9 rings (SSSR count). The summed E-state index contributed by atoms with van der Waals surface area (Å²) in [6, 6.07) is 30.4. The number of aromatic nitrogens is 6. The second kappa shape index (κ2) is 20.8. The molecule has 22 heteroatoms. The van der Waals surface area contributed by atoms with Gasteiger partial charge in [0, 0.05) is 53.2 Å². The first-order valence-electron chi connectivity index (χ1n) is 18.8. The smallest absolute Gasteiger partial charge is 0.494 e. The lowest BCUT2D eigenvalue weighted by Crippen LogP contribution is -2.41. The van der Waals surface area contributed by atoms with Crippen LogP contribution in [0.15, 0.2) is 153 Å². The Bertz CT molecular complexity index is 2990. The van der Waals surface area contributed by atoms with E-state index in [-0.39, 0.29) is 28.1 Å². The van der Waals surface area contributed by atoms with E-state index in [1.807, 2.05) is 88.6 Å². The third-order valence-electron chi connectivity index (χ3n) is 9.70. The fourth-order valence-electron chi connectivity index (χ4n) is 5.69. The average molecular weight is 1090 g/mol. The molecule has 3 N–H and O–H groups in total. The molecule has 64 heavy (non-hydrogen) atoms. The molecule has 332 valence electrons. The van der Waals surface area contributed by atoms with Crippen molar-refractivity contribution in [2.75, 3.05) is 10.5 Å². The maximum atomic E-state index is 12.5. The number of nitrogens with two attached hydrogens (primary N) is 1. The molecule has 1 fully saturated rings. The average Bonchev–Trinajstić information content (AvgIpc) is 3.90. The van der Waals surface area contributed by atoms with Gasteiger partial charge in [0.1, 0.15) is 18.2 Å². The summed E-state index contributed by atoms with van der Waals surface area (Å²) in [5, 5.41) is 9.60. The van der Waals surface area contributed by atoms with Crippen molar-refractivity contribution in [3.8, 4) is 11.3 Å². The van der Waals surface area contributed by atoms with Crippen molar-refractivity contribution in [1.29, 1.82) is 0 Å². The van der Waals surface area contributed by atoms with Gasteiger partial charge in [0.15, 0.2) is 5.15 Å². The highest BCUT2D eigenvalue weighted by atomic mass is 79.9. The summed E-state index contributed by atoms with van der Waals surface area (Å²) >= 11 is 21.7. The third kappa shape index (κ3) is 12.5. The Kier molecular flexibility index (Phi) is 16.0. The largest absolute Gasteiger partial charge is 0.768 e. The molecule has 4 aromatic heterocycles. The molecular weight excluding hydrogens is 1050 g/mol. The fourth-order valence-corrected chi connectivity index (χ4v) is 8.37. The Morgan fingerprint density at radius 1 is 0.734 bits per heavy atom. The van der Waals surface area contributed by atoms with Gasteiger partial charge in [-0.25, -0.2) is 27.4 Å². The minimum absolute atomic E-state index is 0.145. The molecule has 0 bridgehead atoms. The molecule has 0 aliphatic carbocycles. The predicted molar refractivity (Wildman–Crippen MR) is 259 cm³/mol. The zero-order valence-corrected chi connectivity index (χ0v) is 41.3. The van der Waals surface area contributed by atoms with E-state index >= 15 is 0 Å². The third-order valence-corrected chi connectivity index (χ3v) is 13.4. The van der Waals surface area contributed by atoms with Crippen LogP contribution < -0.4 is 15.9 Å². The molecule has 0 saturated carbocycles. The van der Waals surface area contributed by atoms with Crippen molar-refractivity contribution in [2.45, 2.75) is 48.7 Å². The SMILES string of the molecule is CC1(C)OB(c2ccc(N)cc2)OC1(C)C.Clc1ncnn2cc(Br)cc12.O=S(=O)(Nc1ccc(-c2ncnn3cc(Br)cc23)cc1)c1ccc(Cl)cc1.O=S([O-])c1ccc(Cl)cc1. The van der Waals surface area contributed by atoms with Crippen molar-refractivity contribution in [2.24, 2.45) is 0 Å². The topological polar surface area (TPSA) is 191 Å². The highest BCUT2D eigenvalue weighted by molar-refractivity contribution is 9.10. The first-order valence-corrected chi connectivity index (χ1v) is 24.1. The number of halogens is 5. The first kappa shape index (κ1) is 49.0. The van der Waals surface area contributed by atoms with E-state index in [2.05, 4.69) is 56.7 Å². The molecule has 1 atom stereocenters. The number of sulfonamides is 1. The van der Waals surface area contributed by atoms with Crippen molar-refractivity contribution in [3.63, 3.8) is 0 Å². The van der Waals surface area contributed by atoms with Gasteiger partial charge in [0.25, 0.3) is 10.0 Å². The quantitative estimate of drug-likeness (QED) is 0.0915. The standard InChI is InChI=1S/C18H12BrClN4O2S.C12H18BNO2.C6H3BrClN3.C6H5ClO2S/c19-13-9-17-18(21-11-22-24(17)10-13)12-1-5-15(6-2-12)23-27(25,26)16-7-3-14(20)4-8-16;1-11(2)12(3,4)16-13(15-11)9-5-7-10(14)8-6-9;7-4-1-5-6(8)9-3-10-11(5)2-4;7-5-1-3-6(4-2-5)10(8)9/h1-11,23H;5-8H,14H2,1-4H3;1-3H;1-4H,(H,8,9)/p-1. The number of fused-ring (bicyclic) bond motifs is 2. The predicted octanol–water partition coefficient (Wildman–Crippen LogP) is 9.90. The summed E-state index contributed by atoms with van der Waals surface area (Å²) in [6.45, 7) is 8.18. The van der Waals surface area contributed by atoms with Gasteiger partial charge in [-0.1, -0.05) is 59.1 Å². The number of nitrogen functional groups attached to an aromatic ring is 1. The lowest BCUT2D eigenvalue weighted by molar-refractivity contribution is 0.00578. The van der Waals surface area contributed by atoms with E-state index in [0.29, 0.717) is 20.9 Å². The molecule has 8 aromatic rings. The summed E-state index contributed by atoms with van der Waals surface area (Å²) in [5.74, 6) is 0. The highest BCUT2D eigenvalue weighted by Gasteiger charge is 2.51. The van der Waals surface area contributed by atoms with Crippen LogP contribution in [0.1, 0.15) is 27.7 Å². The molecule has 1 aliphatic heterocycles. The van der Waals surface area contributed by atoms with Gasteiger partial charge in [-0.2, -0.15) is 10.2 Å². The van der Waals surface area contributed by atoms with E-state index in [1.165, 1.54) is 61.2 Å². The minimum Gasteiger partial charge on any atom is -0.768 e. The summed E-state index contributed by atoms with van der Waals surface area (Å²) in [7, 11) is -3.98. The minimum atomic E-state index is -3.68. The lowest BCUT2D eigenvalue weighted by Gasteiger charge is -2.32. The number of anilines is 2. The number of nitrogens with one attached hydrogen (secondary N) is 1. The second-order valence-corrected chi connectivity index (χ2v) is 20.4. The highest BCUT2D eigenvalue weighted by Crippen LogP contribution is 2.36. The molecule has 1 unspecified atom stereocenters. The van der Waals surface area contributed by atoms with Crippen molar-refractivity contribution in [1.82, 2.24) is 29.2 Å². The molecule has 1 saturated heterocycles. The Hall–Kier alpha value is -4.41. The lowest BCUT2D eigenvalue weighted by atomic mass is 9.79. The molecule has 0 amide bonds. The van der Waals surface area contributed by atoms with Crippen LogP contribution in [-0.4, -0.2) is 64.7 Å². The van der Waals surface area contributed by atoms with Crippen LogP contribution in [0, 0.1) is 0 Å². The Balaban J connectivity index is 0.000000155. The Labute approximate surface area is 404 Å². The van der Waals surface area contributed by atoms with Crippen LogP contribution in [0.25, 0.3) is 22.3 Å². The van der Waals surface area contributed by atoms with Crippen LogP contribution in [-0.2, 0) is 30.4 Å². The summed E-state index contributed by atoms with van der Waals surface area (Å²) in [4.78, 5) is 8.58. The van der Waals surface area contributed by atoms with E-state index in [4.69, 9.17) is 49.8 Å². The van der Waals surface area contributed by atoms with Crippen LogP contribution in [0.4, 0.5) is 11.4 Å². The van der Waals surface area contributed by atoms with Gasteiger partial charge in [-0.3, -0.25) is 8.93 Å². The summed E-state index contributed by atoms with van der Waals surface area (Å²) in [6.07, 6.45) is 6.56. The molecule has 0 spiro atoms. The van der Waals surface area contributed by atoms with Crippen LogP contribution >= 0.6 is 66.7 Å². The normalized spacial score (nSPS) is 14.4. The maximum absolute atomic E-state index is 12.5. The molecule has 14 nitrogen and oxygen atoms in total. The van der Waals surface area contributed by atoms with Crippen molar-refractivity contribution < 1.29 is 26.5 Å². The van der Waals surface area contributed by atoms with Crippen molar-refractivity contribution >= 4 is 123 Å². The molecule has 4 aromatic carbocycles. The number of benzene rings is 4. The Morgan fingerprint density at radius 2 is 1.23 bits per heavy atom. The molecule has 0 radical (unpaired) electrons. The van der Waals surface area contributed by atoms with Gasteiger partial charge in [-0.05, 0) is 161 Å². The number of hydrogen-bond donors (Lipinski definition) is 2. The van der Waals surface area contributed by atoms with Crippen LogP contribution in [0.3, 0.4) is 0 Å². The van der Waals surface area contributed by atoms with E-state index < -0.39 is 21.1 Å². The van der Waals surface area contributed by atoms with Gasteiger partial charge in [-0.15, -0.1) is 0 Å². The summed E-state index contributed by atoms with van der Waals surface area (Å²) in [5.41, 5.74) is 10.5. The monoisotopic (exact) mass is 1090 g/mol. The van der Waals surface area contributed by atoms with E-state index in [0.717, 1.165) is 42.4 Å².